The summed E-state index contributed by atoms with van der Waals surface area (Å²) in [6, 6.07) is -0.373. The maximum absolute atomic E-state index is 11.9. The third-order valence-corrected chi connectivity index (χ3v) is 2.69. The Morgan fingerprint density at radius 2 is 2.33 bits per heavy atom. The Bertz CT molecular complexity index is 253. The summed E-state index contributed by atoms with van der Waals surface area (Å²) in [7, 11) is 0. The number of carbonyl (C=O) groups is 1. The number of hydrogen-bond acceptors (Lipinski definition) is 2. The minimum absolute atomic E-state index is 0.0155. The van der Waals surface area contributed by atoms with Gasteiger partial charge in [-0.3, -0.25) is 4.79 Å². The Kier molecular flexibility index (Phi) is 4.64. The van der Waals surface area contributed by atoms with Gasteiger partial charge in [0.15, 0.2) is 0 Å². The largest absolute Gasteiger partial charge is 0.330 e. The van der Waals surface area contributed by atoms with E-state index < -0.39 is 0 Å². The average molecular weight is 208 g/mol. The molecule has 0 aromatic carbocycles. The Balaban J connectivity index is 2.45. The van der Waals surface area contributed by atoms with Crippen molar-refractivity contribution in [1.82, 2.24) is 4.90 Å². The first-order chi connectivity index (χ1) is 7.19. The zero-order valence-corrected chi connectivity index (χ0v) is 9.41. The van der Waals surface area contributed by atoms with Gasteiger partial charge in [-0.15, -0.1) is 6.42 Å². The van der Waals surface area contributed by atoms with E-state index in [0.717, 1.165) is 19.4 Å². The Morgan fingerprint density at radius 3 is 2.80 bits per heavy atom. The topological polar surface area (TPSA) is 46.3 Å². The summed E-state index contributed by atoms with van der Waals surface area (Å²) in [5.41, 5.74) is 5.80. The molecule has 1 aliphatic rings. The highest BCUT2D eigenvalue weighted by atomic mass is 16.2. The van der Waals surface area contributed by atoms with Crippen molar-refractivity contribution in [3.05, 3.63) is 0 Å². The second-order valence-corrected chi connectivity index (χ2v) is 4.26. The molecule has 0 aromatic rings. The molecular formula is C12H20N2O. The Morgan fingerprint density at radius 1 is 1.67 bits per heavy atom. The van der Waals surface area contributed by atoms with Crippen molar-refractivity contribution in [2.75, 3.05) is 13.1 Å². The molecule has 0 aliphatic heterocycles. The van der Waals surface area contributed by atoms with Gasteiger partial charge >= 0.3 is 0 Å². The molecule has 0 unspecified atom stereocenters. The van der Waals surface area contributed by atoms with Gasteiger partial charge in [0.25, 0.3) is 0 Å². The van der Waals surface area contributed by atoms with Crippen LogP contribution in [0.5, 0.6) is 0 Å². The van der Waals surface area contributed by atoms with Gasteiger partial charge in [0, 0.05) is 6.54 Å². The summed E-state index contributed by atoms with van der Waals surface area (Å²) < 4.78 is 0. The van der Waals surface area contributed by atoms with Gasteiger partial charge < -0.3 is 10.6 Å². The fourth-order valence-electron chi connectivity index (χ4n) is 1.62. The van der Waals surface area contributed by atoms with E-state index in [2.05, 4.69) is 5.92 Å². The maximum Gasteiger partial charge on any atom is 0.240 e. The van der Waals surface area contributed by atoms with Crippen LogP contribution in [0.1, 0.15) is 32.6 Å². The van der Waals surface area contributed by atoms with Gasteiger partial charge in [0.1, 0.15) is 0 Å². The lowest BCUT2D eigenvalue weighted by atomic mass is 10.1. The third kappa shape index (κ3) is 3.93. The smallest absolute Gasteiger partial charge is 0.240 e. The van der Waals surface area contributed by atoms with Crippen LogP contribution in [-0.4, -0.2) is 29.9 Å². The predicted octanol–water partition coefficient (Wildman–Crippen LogP) is 0.986. The van der Waals surface area contributed by atoms with Crippen LogP contribution in [0.4, 0.5) is 0 Å². The molecule has 1 amide bonds. The highest BCUT2D eigenvalue weighted by Gasteiger charge is 2.28. The zero-order chi connectivity index (χ0) is 11.3. The van der Waals surface area contributed by atoms with E-state index in [9.17, 15) is 4.79 Å². The molecule has 0 radical (unpaired) electrons. The molecule has 1 fully saturated rings. The highest BCUT2D eigenvalue weighted by Crippen LogP contribution is 2.29. The lowest BCUT2D eigenvalue weighted by Gasteiger charge is -2.23. The van der Waals surface area contributed by atoms with Crippen molar-refractivity contribution in [2.24, 2.45) is 11.7 Å². The van der Waals surface area contributed by atoms with Crippen LogP contribution in [0.15, 0.2) is 0 Å². The summed E-state index contributed by atoms with van der Waals surface area (Å²) in [4.78, 5) is 13.6. The molecule has 2 N–H and O–H groups in total. The van der Waals surface area contributed by atoms with Crippen molar-refractivity contribution in [1.29, 1.82) is 0 Å². The molecule has 84 valence electrons. The van der Waals surface area contributed by atoms with E-state index in [4.69, 9.17) is 12.2 Å². The zero-order valence-electron chi connectivity index (χ0n) is 9.41. The van der Waals surface area contributed by atoms with E-state index in [1.165, 1.54) is 12.8 Å². The molecule has 1 rings (SSSR count). The van der Waals surface area contributed by atoms with Gasteiger partial charge in [-0.05, 0) is 25.2 Å². The van der Waals surface area contributed by atoms with Gasteiger partial charge in [-0.25, -0.2) is 0 Å². The molecule has 1 saturated carbocycles. The van der Waals surface area contributed by atoms with Gasteiger partial charge in [0.2, 0.25) is 5.91 Å². The van der Waals surface area contributed by atoms with Crippen LogP contribution in [0.25, 0.3) is 0 Å². The highest BCUT2D eigenvalue weighted by molar-refractivity contribution is 5.81. The molecule has 0 saturated heterocycles. The van der Waals surface area contributed by atoms with E-state index in [1.54, 1.807) is 4.90 Å². The number of terminal acetylenes is 1. The van der Waals surface area contributed by atoms with Crippen molar-refractivity contribution in [3.8, 4) is 12.3 Å². The van der Waals surface area contributed by atoms with E-state index in [-0.39, 0.29) is 11.9 Å². The Hall–Kier alpha value is -1.01. The summed E-state index contributed by atoms with van der Waals surface area (Å²) in [6.45, 7) is 3.22. The number of nitrogens with two attached hydrogens (primary N) is 1. The average Bonchev–Trinajstić information content (AvgIpc) is 3.00. The number of nitrogens with zero attached hydrogens (tertiary/aromatic N) is 1. The van der Waals surface area contributed by atoms with Gasteiger partial charge in [-0.1, -0.05) is 19.3 Å². The molecule has 1 atom stereocenters. The second-order valence-electron chi connectivity index (χ2n) is 4.26. The maximum atomic E-state index is 11.9. The monoisotopic (exact) mass is 208 g/mol. The lowest BCUT2D eigenvalue weighted by Crippen LogP contribution is -2.44. The van der Waals surface area contributed by atoms with Crippen LogP contribution < -0.4 is 5.73 Å². The number of hydrogen-bond donors (Lipinski definition) is 1. The minimum atomic E-state index is -0.373. The van der Waals surface area contributed by atoms with E-state index in [1.807, 2.05) is 6.92 Å². The molecule has 15 heavy (non-hydrogen) atoms. The molecule has 0 bridgehead atoms. The fraction of sp³-hybridized carbons (Fsp3) is 0.750. The molecule has 1 aliphatic carbocycles. The number of carbonyl (C=O) groups excluding carboxylic acids is 1. The van der Waals surface area contributed by atoms with Crippen LogP contribution in [-0.2, 0) is 4.79 Å². The lowest BCUT2D eigenvalue weighted by molar-refractivity contribution is -0.132. The van der Waals surface area contributed by atoms with Crippen LogP contribution >= 0.6 is 0 Å². The number of rotatable bonds is 6. The number of amides is 1. The molecule has 0 aromatic heterocycles. The first kappa shape index (κ1) is 12.1. The van der Waals surface area contributed by atoms with Crippen molar-refractivity contribution in [2.45, 2.75) is 38.6 Å². The first-order valence-electron chi connectivity index (χ1n) is 5.66. The summed E-state index contributed by atoms with van der Waals surface area (Å²) in [5.74, 6) is 3.21. The van der Waals surface area contributed by atoms with Crippen molar-refractivity contribution >= 4 is 5.91 Å². The SMILES string of the molecule is C#CCN(CC1CC1)C(=O)[C@@H](N)CCC. The quantitative estimate of drug-likeness (QED) is 0.662. The van der Waals surface area contributed by atoms with Gasteiger partial charge in [0.05, 0.1) is 12.6 Å². The third-order valence-electron chi connectivity index (χ3n) is 2.69. The normalized spacial score (nSPS) is 16.9. The summed E-state index contributed by atoms with van der Waals surface area (Å²) in [6.07, 6.45) is 9.36. The predicted molar refractivity (Wildman–Crippen MR) is 61.0 cm³/mol. The molecular weight excluding hydrogens is 188 g/mol. The van der Waals surface area contributed by atoms with Crippen molar-refractivity contribution < 1.29 is 4.79 Å². The van der Waals surface area contributed by atoms with E-state index in [0.29, 0.717) is 12.5 Å². The summed E-state index contributed by atoms with van der Waals surface area (Å²) in [5, 5.41) is 0. The first-order valence-corrected chi connectivity index (χ1v) is 5.66. The molecule has 0 heterocycles. The Labute approximate surface area is 92.0 Å². The van der Waals surface area contributed by atoms with Crippen LogP contribution in [0.3, 0.4) is 0 Å². The fourth-order valence-corrected chi connectivity index (χ4v) is 1.62. The van der Waals surface area contributed by atoms with E-state index >= 15 is 0 Å². The summed E-state index contributed by atoms with van der Waals surface area (Å²) >= 11 is 0. The molecule has 3 heteroatoms. The van der Waals surface area contributed by atoms with Crippen LogP contribution in [0.2, 0.25) is 0 Å². The standard InChI is InChI=1S/C12H20N2O/c1-3-5-11(13)12(15)14(8-4-2)9-10-6-7-10/h2,10-11H,3,5-9,13H2,1H3/t11-/m0/s1. The minimum Gasteiger partial charge on any atom is -0.330 e. The molecule has 3 nitrogen and oxygen atoms in total. The van der Waals surface area contributed by atoms with Gasteiger partial charge in [-0.2, -0.15) is 0 Å². The van der Waals surface area contributed by atoms with Crippen molar-refractivity contribution in [3.63, 3.8) is 0 Å². The second kappa shape index (κ2) is 5.77. The molecule has 0 spiro atoms. The van der Waals surface area contributed by atoms with Crippen LogP contribution in [0, 0.1) is 18.3 Å².